The van der Waals surface area contributed by atoms with Gasteiger partial charge in [-0.2, -0.15) is 10.5 Å². The van der Waals surface area contributed by atoms with E-state index in [9.17, 15) is 14.0 Å². The molecule has 5 rings (SSSR count). The number of rotatable bonds is 6. The molecule has 1 fully saturated rings. The molecule has 4 heterocycles. The van der Waals surface area contributed by atoms with Gasteiger partial charge < -0.3 is 19.5 Å². The number of hydrogen-bond donors (Lipinski definition) is 2. The zero-order chi connectivity index (χ0) is 27.5. The van der Waals surface area contributed by atoms with Gasteiger partial charge >= 0.3 is 0 Å². The first kappa shape index (κ1) is 25.4. The number of nitrogens with zero attached hydrogens (tertiary/aromatic N) is 9. The van der Waals surface area contributed by atoms with Crippen LogP contribution in [0.25, 0.3) is 16.7 Å². The number of ether oxygens (including phenoxy) is 1. The molecule has 0 unspecified atom stereocenters. The summed E-state index contributed by atoms with van der Waals surface area (Å²) in [6, 6.07) is 7.01. The fraction of sp³-hybridized carbons (Fsp3) is 0.250. The maximum absolute atomic E-state index is 14.8. The lowest BCUT2D eigenvalue weighted by atomic mass is 10.1. The van der Waals surface area contributed by atoms with E-state index in [-0.39, 0.29) is 35.4 Å². The van der Waals surface area contributed by atoms with Gasteiger partial charge in [-0.3, -0.25) is 14.6 Å². The van der Waals surface area contributed by atoms with Gasteiger partial charge in [0.25, 0.3) is 11.7 Å². The largest absolute Gasteiger partial charge is 0.497 e. The molecule has 0 radical (unpaired) electrons. The fourth-order valence-corrected chi connectivity index (χ4v) is 4.45. The van der Waals surface area contributed by atoms with Crippen LogP contribution in [0.15, 0.2) is 59.3 Å². The van der Waals surface area contributed by atoms with Gasteiger partial charge in [-0.25, -0.2) is 14.1 Å². The number of guanidine groups is 1. The van der Waals surface area contributed by atoms with E-state index in [0.717, 1.165) is 6.20 Å². The van der Waals surface area contributed by atoms with Crippen LogP contribution >= 0.6 is 0 Å². The van der Waals surface area contributed by atoms with Crippen molar-refractivity contribution in [3.05, 3.63) is 60.4 Å². The van der Waals surface area contributed by atoms with E-state index in [2.05, 4.69) is 30.5 Å². The maximum atomic E-state index is 14.8. The lowest BCUT2D eigenvalue weighted by molar-refractivity contribution is -0.127. The molecule has 2 N–H and O–H groups in total. The molecule has 15 heteroatoms. The highest BCUT2D eigenvalue weighted by Gasteiger charge is 2.32. The molecule has 0 spiro atoms. The average molecular weight is 534 g/mol. The molecular formula is C24H24FN11O3. The number of pyridine rings is 1. The van der Waals surface area contributed by atoms with Crippen LogP contribution in [0.4, 0.5) is 10.1 Å². The number of carbonyl (C=O) groups excluding carboxylic acids is 2. The second kappa shape index (κ2) is 10.6. The minimum absolute atomic E-state index is 0.0416. The van der Waals surface area contributed by atoms with Crippen LogP contribution in [0.3, 0.4) is 0 Å². The number of nitrogens with one attached hydrogen (secondary N) is 2. The van der Waals surface area contributed by atoms with Crippen LogP contribution in [0, 0.1) is 11.3 Å². The molecule has 0 atom stereocenters. The number of halogens is 1. The fourth-order valence-electron chi connectivity index (χ4n) is 4.45. The quantitative estimate of drug-likeness (QED) is 0.0951. The standard InChI is InChI=1S/C24H24FN11O3/c1-27-24(36(31-26)15-3-5-16(39-2)6-4-15)34-11-9-33(10-12-34)23(38)21(37)17-13-28-20-19(17)18(25)14-29-22(20)35-8-7-30-32-35/h3-8,13-14,26,28H,9-12H2,1-2H3. The first-order chi connectivity index (χ1) is 19.0. The van der Waals surface area contributed by atoms with Crippen LogP contribution in [0.2, 0.25) is 0 Å². The first-order valence-corrected chi connectivity index (χ1v) is 11.9. The number of carbonyl (C=O) groups is 2. The summed E-state index contributed by atoms with van der Waals surface area (Å²) in [7, 11) is 3.15. The molecule has 4 aromatic rings. The molecule has 1 aromatic carbocycles. The Morgan fingerprint density at radius 3 is 2.49 bits per heavy atom. The van der Waals surface area contributed by atoms with Crippen LogP contribution in [-0.4, -0.2) is 92.7 Å². The summed E-state index contributed by atoms with van der Waals surface area (Å²) in [5, 5.41) is 12.5. The lowest BCUT2D eigenvalue weighted by Gasteiger charge is -2.37. The Bertz CT molecular complexity index is 1540. The second-order valence-electron chi connectivity index (χ2n) is 8.47. The molecule has 1 aliphatic rings. The number of aromatic amines is 1. The van der Waals surface area contributed by atoms with Crippen molar-refractivity contribution < 1.29 is 18.7 Å². The first-order valence-electron chi connectivity index (χ1n) is 11.9. The van der Waals surface area contributed by atoms with Crippen molar-refractivity contribution >= 4 is 34.2 Å². The summed E-state index contributed by atoms with van der Waals surface area (Å²) in [5.41, 5.74) is 8.44. The van der Waals surface area contributed by atoms with Gasteiger partial charge in [0.1, 0.15) is 5.75 Å². The highest BCUT2D eigenvalue weighted by atomic mass is 19.1. The molecule has 0 saturated carbocycles. The van der Waals surface area contributed by atoms with Gasteiger partial charge in [-0.05, 0) is 24.3 Å². The average Bonchev–Trinajstić information content (AvgIpc) is 3.67. The molecule has 1 aliphatic heterocycles. The van der Waals surface area contributed by atoms with E-state index in [4.69, 9.17) is 10.3 Å². The van der Waals surface area contributed by atoms with Gasteiger partial charge in [-0.15, -0.1) is 5.10 Å². The Morgan fingerprint density at radius 1 is 1.15 bits per heavy atom. The predicted octanol–water partition coefficient (Wildman–Crippen LogP) is 2.06. The van der Waals surface area contributed by atoms with E-state index in [1.54, 1.807) is 38.4 Å². The number of ketones is 1. The highest BCUT2D eigenvalue weighted by Crippen LogP contribution is 2.26. The number of Topliss-reactive ketones (excluding diaryl/α,β-unsaturated/α-hetero) is 1. The minimum Gasteiger partial charge on any atom is -0.497 e. The highest BCUT2D eigenvalue weighted by molar-refractivity contribution is 6.45. The topological polar surface area (TPSA) is 161 Å². The number of hydrogen-bond acceptors (Lipinski definition) is 9. The number of anilines is 1. The van der Waals surface area contributed by atoms with Crippen molar-refractivity contribution in [3.63, 3.8) is 0 Å². The van der Waals surface area contributed by atoms with Gasteiger partial charge in [-0.1, -0.05) is 10.4 Å². The Hall–Kier alpha value is -5.21. The molecular weight excluding hydrogens is 509 g/mol. The summed E-state index contributed by atoms with van der Waals surface area (Å²) in [6.07, 6.45) is 5.25. The number of piperazine rings is 1. The third kappa shape index (κ3) is 4.65. The summed E-state index contributed by atoms with van der Waals surface area (Å²) >= 11 is 0. The van der Waals surface area contributed by atoms with E-state index in [0.29, 0.717) is 30.5 Å². The summed E-state index contributed by atoms with van der Waals surface area (Å²) in [5.74, 6) is -0.998. The van der Waals surface area contributed by atoms with Crippen LogP contribution < -0.4 is 9.75 Å². The number of amides is 1. The normalized spacial score (nSPS) is 14.0. The van der Waals surface area contributed by atoms with E-state index in [1.165, 1.54) is 33.2 Å². The minimum atomic E-state index is -0.838. The zero-order valence-corrected chi connectivity index (χ0v) is 21.1. The van der Waals surface area contributed by atoms with Crippen LogP contribution in [0.5, 0.6) is 5.75 Å². The van der Waals surface area contributed by atoms with Gasteiger partial charge in [0, 0.05) is 39.4 Å². The summed E-state index contributed by atoms with van der Waals surface area (Å²) < 4.78 is 21.3. The number of aliphatic imine (C=N–C) groups is 1. The van der Waals surface area contributed by atoms with Crippen molar-refractivity contribution in [2.45, 2.75) is 0 Å². The number of fused-ring (bicyclic) bond motifs is 1. The SMILES string of the molecule is CN=C(N1CCN(C(=O)C(=O)c2c[nH]c3c(-n4ccnn4)ncc(F)c23)CC1)N(N=N)c1ccc(OC)cc1. The zero-order valence-electron chi connectivity index (χ0n) is 21.1. The Labute approximate surface area is 221 Å². The second-order valence-corrected chi connectivity index (χ2v) is 8.47. The number of methoxy groups -OCH3 is 1. The van der Waals surface area contributed by atoms with E-state index < -0.39 is 17.5 Å². The number of H-pyrrole nitrogens is 1. The van der Waals surface area contributed by atoms with Crippen LogP contribution in [0.1, 0.15) is 10.4 Å². The summed E-state index contributed by atoms with van der Waals surface area (Å²) in [4.78, 5) is 40.9. The smallest absolute Gasteiger partial charge is 0.295 e. The van der Waals surface area contributed by atoms with E-state index in [1.807, 2.05) is 4.90 Å². The Balaban J connectivity index is 1.31. The molecule has 1 saturated heterocycles. The van der Waals surface area contributed by atoms with E-state index >= 15 is 0 Å². The van der Waals surface area contributed by atoms with Crippen molar-refractivity contribution in [2.24, 2.45) is 10.2 Å². The third-order valence-corrected chi connectivity index (χ3v) is 6.38. The Morgan fingerprint density at radius 2 is 1.87 bits per heavy atom. The number of aromatic nitrogens is 5. The number of benzene rings is 1. The maximum Gasteiger partial charge on any atom is 0.295 e. The molecule has 200 valence electrons. The predicted molar refractivity (Wildman–Crippen MR) is 137 cm³/mol. The molecule has 0 bridgehead atoms. The van der Waals surface area contributed by atoms with Gasteiger partial charge in [0.15, 0.2) is 11.6 Å². The third-order valence-electron chi connectivity index (χ3n) is 6.38. The van der Waals surface area contributed by atoms with Gasteiger partial charge in [0.2, 0.25) is 5.96 Å². The van der Waals surface area contributed by atoms with Crippen molar-refractivity contribution in [1.29, 1.82) is 5.53 Å². The van der Waals surface area contributed by atoms with Crippen molar-refractivity contribution in [3.8, 4) is 11.6 Å². The lowest BCUT2D eigenvalue weighted by Crippen LogP contribution is -2.55. The molecule has 39 heavy (non-hydrogen) atoms. The van der Waals surface area contributed by atoms with Gasteiger partial charge in [0.05, 0.1) is 47.9 Å². The molecule has 1 amide bonds. The monoisotopic (exact) mass is 533 g/mol. The van der Waals surface area contributed by atoms with Crippen molar-refractivity contribution in [1.82, 2.24) is 34.8 Å². The van der Waals surface area contributed by atoms with Crippen molar-refractivity contribution in [2.75, 3.05) is 45.3 Å². The molecule has 0 aliphatic carbocycles. The molecule has 3 aromatic heterocycles. The molecule has 14 nitrogen and oxygen atoms in total. The Kier molecular flexibility index (Phi) is 6.94. The summed E-state index contributed by atoms with van der Waals surface area (Å²) in [6.45, 7) is 1.12. The van der Waals surface area contributed by atoms with Crippen LogP contribution in [-0.2, 0) is 4.79 Å².